The van der Waals surface area contributed by atoms with E-state index in [1.165, 1.54) is 19.2 Å². The number of hydrogen-bond acceptors (Lipinski definition) is 3. The molecule has 0 N–H and O–H groups in total. The molecule has 2 aromatic rings. The molecule has 0 bridgehead atoms. The summed E-state index contributed by atoms with van der Waals surface area (Å²) in [6.45, 7) is 0. The number of benzene rings is 2. The van der Waals surface area contributed by atoms with E-state index in [1.807, 2.05) is 6.07 Å². The lowest BCUT2D eigenvalue weighted by Crippen LogP contribution is -2.24. The van der Waals surface area contributed by atoms with Gasteiger partial charge >= 0.3 is 0 Å². The van der Waals surface area contributed by atoms with Gasteiger partial charge in [0, 0.05) is 5.56 Å². The summed E-state index contributed by atoms with van der Waals surface area (Å²) in [6, 6.07) is 17.0. The third-order valence-corrected chi connectivity index (χ3v) is 4.56. The van der Waals surface area contributed by atoms with Crippen LogP contribution in [0.15, 0.2) is 65.6 Å². The van der Waals surface area contributed by atoms with Crippen molar-refractivity contribution in [3.63, 3.8) is 0 Å². The van der Waals surface area contributed by atoms with Gasteiger partial charge in [0.25, 0.3) is 0 Å². The van der Waals surface area contributed by atoms with Crippen molar-refractivity contribution in [3.8, 4) is 0 Å². The van der Waals surface area contributed by atoms with Crippen LogP contribution in [0.25, 0.3) is 0 Å². The third kappa shape index (κ3) is 3.24. The van der Waals surface area contributed by atoms with Crippen LogP contribution in [0.2, 0.25) is 0 Å². The van der Waals surface area contributed by atoms with Crippen molar-refractivity contribution < 1.29 is 13.2 Å². The van der Waals surface area contributed by atoms with Crippen LogP contribution >= 0.6 is 0 Å². The molecule has 0 fully saturated rings. The molecule has 0 aliphatic carbocycles. The quantitative estimate of drug-likeness (QED) is 0.375. The van der Waals surface area contributed by atoms with Gasteiger partial charge < -0.3 is 5.21 Å². The topological polar surface area (TPSA) is 60.2 Å². The van der Waals surface area contributed by atoms with Gasteiger partial charge in [0.15, 0.2) is 9.84 Å². The van der Waals surface area contributed by atoms with E-state index in [0.29, 0.717) is 10.3 Å². The molecule has 0 saturated carbocycles. The van der Waals surface area contributed by atoms with Crippen LogP contribution in [0, 0.1) is 5.21 Å². The van der Waals surface area contributed by atoms with Crippen LogP contribution in [-0.4, -0.2) is 31.7 Å². The Labute approximate surface area is 118 Å². The maximum atomic E-state index is 12.3. The lowest BCUT2D eigenvalue weighted by Gasteiger charge is -2.09. The Bertz CT molecular complexity index is 703. The standard InChI is InChI=1S/C15H15NO3S/c1-16(17)15(13-8-4-2-5-9-13)12-20(18,19)14-10-6-3-7-11-14/h2-11H,12H2,1H3/b16-15-. The molecule has 104 valence electrons. The minimum Gasteiger partial charge on any atom is -0.624 e. The maximum Gasteiger partial charge on any atom is 0.209 e. The maximum absolute atomic E-state index is 12.3. The zero-order valence-corrected chi connectivity index (χ0v) is 11.9. The number of sulfone groups is 1. The summed E-state index contributed by atoms with van der Waals surface area (Å²) >= 11 is 0. The van der Waals surface area contributed by atoms with Crippen LogP contribution < -0.4 is 0 Å². The van der Waals surface area contributed by atoms with E-state index in [0.717, 1.165) is 0 Å². The fraction of sp³-hybridized carbons (Fsp3) is 0.133. The smallest absolute Gasteiger partial charge is 0.209 e. The first-order valence-electron chi connectivity index (χ1n) is 6.10. The van der Waals surface area contributed by atoms with E-state index < -0.39 is 9.84 Å². The van der Waals surface area contributed by atoms with Gasteiger partial charge in [-0.3, -0.25) is 0 Å². The van der Waals surface area contributed by atoms with E-state index >= 15 is 0 Å². The summed E-state index contributed by atoms with van der Waals surface area (Å²) < 4.78 is 25.3. The van der Waals surface area contributed by atoms with E-state index in [4.69, 9.17) is 0 Å². The fourth-order valence-corrected chi connectivity index (χ4v) is 3.32. The lowest BCUT2D eigenvalue weighted by molar-refractivity contribution is -0.422. The van der Waals surface area contributed by atoms with Crippen molar-refractivity contribution in [2.45, 2.75) is 4.90 Å². The number of hydroxylamine groups is 1. The predicted molar refractivity (Wildman–Crippen MR) is 78.6 cm³/mol. The first-order valence-corrected chi connectivity index (χ1v) is 7.76. The van der Waals surface area contributed by atoms with Crippen LogP contribution in [0.3, 0.4) is 0 Å². The van der Waals surface area contributed by atoms with Gasteiger partial charge in [-0.1, -0.05) is 36.4 Å². The number of hydrogen-bond donors (Lipinski definition) is 0. The zero-order valence-electron chi connectivity index (χ0n) is 11.1. The van der Waals surface area contributed by atoms with Gasteiger partial charge in [0.2, 0.25) is 5.71 Å². The Balaban J connectivity index is 2.39. The molecular formula is C15H15NO3S. The minimum atomic E-state index is -3.53. The molecule has 0 aliphatic rings. The van der Waals surface area contributed by atoms with Crippen LogP contribution in [0.4, 0.5) is 0 Å². The van der Waals surface area contributed by atoms with Crippen molar-refractivity contribution in [1.82, 2.24) is 0 Å². The van der Waals surface area contributed by atoms with E-state index in [9.17, 15) is 13.6 Å². The zero-order chi connectivity index (χ0) is 14.6. The summed E-state index contributed by atoms with van der Waals surface area (Å²) in [5, 5.41) is 11.7. The van der Waals surface area contributed by atoms with Crippen LogP contribution in [0.5, 0.6) is 0 Å². The monoisotopic (exact) mass is 289 g/mol. The Kier molecular flexibility index (Phi) is 4.20. The molecule has 0 spiro atoms. The van der Waals surface area contributed by atoms with Crippen LogP contribution in [-0.2, 0) is 9.84 Å². The highest BCUT2D eigenvalue weighted by Gasteiger charge is 2.23. The largest absolute Gasteiger partial charge is 0.624 e. The van der Waals surface area contributed by atoms with Crippen molar-refractivity contribution >= 4 is 15.5 Å². The van der Waals surface area contributed by atoms with Crippen molar-refractivity contribution in [2.75, 3.05) is 12.8 Å². The van der Waals surface area contributed by atoms with Gasteiger partial charge in [-0.2, -0.15) is 0 Å². The van der Waals surface area contributed by atoms with Gasteiger partial charge in [0.05, 0.1) is 4.90 Å². The molecule has 0 heterocycles. The Hall–Kier alpha value is -2.14. The molecule has 0 saturated heterocycles. The number of rotatable bonds is 4. The Morgan fingerprint density at radius 2 is 1.50 bits per heavy atom. The van der Waals surface area contributed by atoms with Gasteiger partial charge in [-0.15, -0.1) is 0 Å². The molecule has 4 nitrogen and oxygen atoms in total. The van der Waals surface area contributed by atoms with Crippen molar-refractivity contribution in [2.24, 2.45) is 0 Å². The Morgan fingerprint density at radius 1 is 1.00 bits per heavy atom. The number of nitrogens with zero attached hydrogens (tertiary/aromatic N) is 1. The normalized spacial score (nSPS) is 12.8. The SMILES string of the molecule is C/[N+]([O-])=C(\CS(=O)(=O)c1ccccc1)c1ccccc1. The summed E-state index contributed by atoms with van der Waals surface area (Å²) in [4.78, 5) is 0.218. The molecule has 2 aromatic carbocycles. The molecule has 0 aromatic heterocycles. The van der Waals surface area contributed by atoms with Gasteiger partial charge in [0.1, 0.15) is 12.8 Å². The van der Waals surface area contributed by atoms with E-state index in [-0.39, 0.29) is 16.4 Å². The van der Waals surface area contributed by atoms with Crippen molar-refractivity contribution in [3.05, 3.63) is 71.4 Å². The highest BCUT2D eigenvalue weighted by molar-refractivity contribution is 7.92. The van der Waals surface area contributed by atoms with Crippen molar-refractivity contribution in [1.29, 1.82) is 0 Å². The first kappa shape index (κ1) is 14.3. The second kappa shape index (κ2) is 5.88. The Morgan fingerprint density at radius 3 is 2.00 bits per heavy atom. The lowest BCUT2D eigenvalue weighted by atomic mass is 10.1. The molecule has 0 atom stereocenters. The predicted octanol–water partition coefficient (Wildman–Crippen LogP) is 2.09. The molecule has 5 heteroatoms. The molecule has 0 amide bonds. The second-order valence-electron chi connectivity index (χ2n) is 4.38. The van der Waals surface area contributed by atoms with E-state index in [1.54, 1.807) is 42.5 Å². The molecular weight excluding hydrogens is 274 g/mol. The average molecular weight is 289 g/mol. The highest BCUT2D eigenvalue weighted by atomic mass is 32.2. The minimum absolute atomic E-state index is 0.218. The van der Waals surface area contributed by atoms with Gasteiger partial charge in [-0.05, 0) is 24.3 Å². The van der Waals surface area contributed by atoms with E-state index in [2.05, 4.69) is 0 Å². The molecule has 2 rings (SSSR count). The highest BCUT2D eigenvalue weighted by Crippen LogP contribution is 2.13. The summed E-state index contributed by atoms with van der Waals surface area (Å²) in [5.74, 6) is -0.318. The summed E-state index contributed by atoms with van der Waals surface area (Å²) in [5.41, 5.74) is 0.846. The molecule has 0 radical (unpaired) electrons. The van der Waals surface area contributed by atoms with Crippen LogP contribution in [0.1, 0.15) is 5.56 Å². The molecule has 0 aliphatic heterocycles. The average Bonchev–Trinajstić information content (AvgIpc) is 2.46. The molecule has 20 heavy (non-hydrogen) atoms. The fourth-order valence-electron chi connectivity index (χ4n) is 1.88. The van der Waals surface area contributed by atoms with Gasteiger partial charge in [-0.25, -0.2) is 13.2 Å². The summed E-state index contributed by atoms with van der Waals surface area (Å²) in [7, 11) is -2.22. The molecule has 0 unspecified atom stereocenters. The first-order chi connectivity index (χ1) is 9.50. The summed E-state index contributed by atoms with van der Waals surface area (Å²) in [6.07, 6.45) is 0. The second-order valence-corrected chi connectivity index (χ2v) is 6.37. The third-order valence-electron chi connectivity index (χ3n) is 2.92.